The SMILES string of the molecule is CNC(=O)COc1cc2cc(Nc3nc(N4CCC(N5CCOCC5)CC4)ncc3Cl)ccc2n(C)c1=O. The Morgan fingerprint density at radius 2 is 1.95 bits per heavy atom. The van der Waals surface area contributed by atoms with Gasteiger partial charge in [-0.3, -0.25) is 14.5 Å². The van der Waals surface area contributed by atoms with Gasteiger partial charge < -0.3 is 29.6 Å². The first-order chi connectivity index (χ1) is 18.4. The van der Waals surface area contributed by atoms with Gasteiger partial charge in [-0.1, -0.05) is 11.6 Å². The molecule has 12 heteroatoms. The molecule has 5 rings (SSSR count). The number of likely N-dealkylation sites (N-methyl/N-ethyl adjacent to an activating group) is 1. The van der Waals surface area contributed by atoms with Gasteiger partial charge >= 0.3 is 0 Å². The van der Waals surface area contributed by atoms with Crippen molar-refractivity contribution in [1.29, 1.82) is 0 Å². The lowest BCUT2D eigenvalue weighted by atomic mass is 10.0. The Hall–Kier alpha value is -3.41. The molecule has 0 saturated carbocycles. The van der Waals surface area contributed by atoms with Crippen molar-refractivity contribution < 1.29 is 14.3 Å². The lowest BCUT2D eigenvalue weighted by Gasteiger charge is -2.40. The van der Waals surface area contributed by atoms with Crippen molar-refractivity contribution in [2.75, 3.05) is 63.3 Å². The minimum Gasteiger partial charge on any atom is -0.478 e. The Bertz CT molecular complexity index is 1370. The summed E-state index contributed by atoms with van der Waals surface area (Å²) in [7, 11) is 3.18. The lowest BCUT2D eigenvalue weighted by molar-refractivity contribution is -0.122. The van der Waals surface area contributed by atoms with E-state index in [1.807, 2.05) is 18.2 Å². The van der Waals surface area contributed by atoms with Crippen LogP contribution in [0.25, 0.3) is 10.9 Å². The van der Waals surface area contributed by atoms with Crippen LogP contribution in [0.5, 0.6) is 5.75 Å². The fourth-order valence-electron chi connectivity index (χ4n) is 4.96. The molecule has 2 saturated heterocycles. The minimum absolute atomic E-state index is 0.101. The number of halogens is 1. The second kappa shape index (κ2) is 11.5. The van der Waals surface area contributed by atoms with Crippen LogP contribution in [0.2, 0.25) is 5.02 Å². The fraction of sp³-hybridized carbons (Fsp3) is 0.462. The Kier molecular flexibility index (Phi) is 7.96. The molecular weight excluding hydrogens is 510 g/mol. The summed E-state index contributed by atoms with van der Waals surface area (Å²) in [4.78, 5) is 38.2. The molecule has 11 nitrogen and oxygen atoms in total. The first-order valence-electron chi connectivity index (χ1n) is 12.8. The van der Waals surface area contributed by atoms with Gasteiger partial charge in [0.1, 0.15) is 5.02 Å². The lowest BCUT2D eigenvalue weighted by Crippen LogP contribution is -2.49. The highest BCUT2D eigenvalue weighted by Gasteiger charge is 2.27. The van der Waals surface area contributed by atoms with Crippen molar-refractivity contribution in [3.63, 3.8) is 0 Å². The number of ether oxygens (including phenoxy) is 2. The van der Waals surface area contributed by atoms with Crippen molar-refractivity contribution in [1.82, 2.24) is 24.8 Å². The molecule has 2 aromatic heterocycles. The van der Waals surface area contributed by atoms with E-state index in [1.54, 1.807) is 19.3 Å². The van der Waals surface area contributed by atoms with Gasteiger partial charge in [-0.15, -0.1) is 0 Å². The topological polar surface area (TPSA) is 114 Å². The third kappa shape index (κ3) is 5.69. The van der Waals surface area contributed by atoms with E-state index in [4.69, 9.17) is 26.1 Å². The molecule has 2 aliphatic rings. The molecule has 202 valence electrons. The summed E-state index contributed by atoms with van der Waals surface area (Å²) in [5.41, 5.74) is 1.15. The molecule has 0 aliphatic carbocycles. The Balaban J connectivity index is 1.32. The third-order valence-corrected chi connectivity index (χ3v) is 7.41. The van der Waals surface area contributed by atoms with Crippen LogP contribution in [-0.2, 0) is 16.6 Å². The van der Waals surface area contributed by atoms with Crippen LogP contribution in [0, 0.1) is 0 Å². The van der Waals surface area contributed by atoms with Crippen molar-refractivity contribution in [3.8, 4) is 5.75 Å². The van der Waals surface area contributed by atoms with Crippen molar-refractivity contribution >= 4 is 45.9 Å². The summed E-state index contributed by atoms with van der Waals surface area (Å²) in [5, 5.41) is 6.94. The van der Waals surface area contributed by atoms with Crippen molar-refractivity contribution in [2.24, 2.45) is 7.05 Å². The maximum absolute atomic E-state index is 12.6. The largest absolute Gasteiger partial charge is 0.478 e. The molecular formula is C26H32ClN7O4. The monoisotopic (exact) mass is 541 g/mol. The van der Waals surface area contributed by atoms with Crippen LogP contribution < -0.4 is 25.8 Å². The number of morpholine rings is 1. The molecule has 3 aromatic rings. The standard InChI is InChI=1S/C26H32ClN7O4/c1-28-23(35)16-38-22-14-17-13-18(3-4-21(17)32(2)25(22)36)30-24-20(27)15-29-26(31-24)34-7-5-19(6-8-34)33-9-11-37-12-10-33/h3-4,13-15,19H,5-12,16H2,1-2H3,(H,28,35)(H,29,30,31). The maximum atomic E-state index is 12.6. The molecule has 0 unspecified atom stereocenters. The normalized spacial score (nSPS) is 17.0. The Morgan fingerprint density at radius 3 is 2.68 bits per heavy atom. The number of amides is 1. The predicted molar refractivity (Wildman–Crippen MR) is 147 cm³/mol. The zero-order chi connectivity index (χ0) is 26.6. The Morgan fingerprint density at radius 1 is 1.18 bits per heavy atom. The number of pyridine rings is 1. The van der Waals surface area contributed by atoms with Gasteiger partial charge in [-0.05, 0) is 37.1 Å². The van der Waals surface area contributed by atoms with Crippen LogP contribution in [0.1, 0.15) is 12.8 Å². The number of hydrogen-bond acceptors (Lipinski definition) is 9. The number of piperidine rings is 1. The fourth-order valence-corrected chi connectivity index (χ4v) is 5.10. The first-order valence-corrected chi connectivity index (χ1v) is 13.1. The van der Waals surface area contributed by atoms with Gasteiger partial charge in [0.25, 0.3) is 11.5 Å². The molecule has 0 atom stereocenters. The molecule has 4 heterocycles. The molecule has 1 aromatic carbocycles. The summed E-state index contributed by atoms with van der Waals surface area (Å²) >= 11 is 6.46. The van der Waals surface area contributed by atoms with E-state index >= 15 is 0 Å². The van der Waals surface area contributed by atoms with Crippen LogP contribution >= 0.6 is 11.6 Å². The highest BCUT2D eigenvalue weighted by molar-refractivity contribution is 6.32. The molecule has 2 aliphatic heterocycles. The number of carbonyl (C=O) groups excluding carboxylic acids is 1. The van der Waals surface area contributed by atoms with Gasteiger partial charge in [-0.25, -0.2) is 4.98 Å². The molecule has 0 radical (unpaired) electrons. The highest BCUT2D eigenvalue weighted by Crippen LogP contribution is 2.29. The summed E-state index contributed by atoms with van der Waals surface area (Å²) in [6.45, 7) is 5.14. The smallest absolute Gasteiger partial charge is 0.293 e. The quantitative estimate of drug-likeness (QED) is 0.464. The van der Waals surface area contributed by atoms with Crippen LogP contribution in [-0.4, -0.2) is 84.4 Å². The molecule has 1 amide bonds. The number of nitrogens with zero attached hydrogens (tertiary/aromatic N) is 5. The zero-order valence-corrected chi connectivity index (χ0v) is 22.3. The Labute approximate surface area is 225 Å². The number of nitrogens with one attached hydrogen (secondary N) is 2. The van der Waals surface area contributed by atoms with E-state index in [2.05, 4.69) is 25.4 Å². The highest BCUT2D eigenvalue weighted by atomic mass is 35.5. The number of benzene rings is 1. The number of carbonyl (C=O) groups is 1. The van der Waals surface area contributed by atoms with Gasteiger partial charge in [0.15, 0.2) is 18.2 Å². The molecule has 0 spiro atoms. The van der Waals surface area contributed by atoms with Crippen molar-refractivity contribution in [3.05, 3.63) is 45.8 Å². The number of aromatic nitrogens is 3. The maximum Gasteiger partial charge on any atom is 0.293 e. The first kappa shape index (κ1) is 26.2. The summed E-state index contributed by atoms with van der Waals surface area (Å²) in [5.74, 6) is 0.934. The van der Waals surface area contributed by atoms with Crippen LogP contribution in [0.3, 0.4) is 0 Å². The second-order valence-electron chi connectivity index (χ2n) is 9.47. The third-order valence-electron chi connectivity index (χ3n) is 7.13. The summed E-state index contributed by atoms with van der Waals surface area (Å²) in [6.07, 6.45) is 3.74. The summed E-state index contributed by atoms with van der Waals surface area (Å²) in [6, 6.07) is 7.79. The van der Waals surface area contributed by atoms with Crippen LogP contribution in [0.15, 0.2) is 35.3 Å². The van der Waals surface area contributed by atoms with Gasteiger partial charge in [0.05, 0.1) is 24.9 Å². The predicted octanol–water partition coefficient (Wildman–Crippen LogP) is 2.15. The second-order valence-corrected chi connectivity index (χ2v) is 9.87. The number of fused-ring (bicyclic) bond motifs is 1. The molecule has 2 fully saturated rings. The zero-order valence-electron chi connectivity index (χ0n) is 21.6. The van der Waals surface area contributed by atoms with E-state index in [0.717, 1.165) is 68.8 Å². The number of rotatable bonds is 7. The minimum atomic E-state index is -0.318. The van der Waals surface area contributed by atoms with Crippen molar-refractivity contribution in [2.45, 2.75) is 18.9 Å². The summed E-state index contributed by atoms with van der Waals surface area (Å²) < 4.78 is 12.4. The van der Waals surface area contributed by atoms with E-state index in [1.165, 1.54) is 11.6 Å². The van der Waals surface area contributed by atoms with Gasteiger partial charge in [0.2, 0.25) is 5.95 Å². The molecule has 2 N–H and O–H groups in total. The average molecular weight is 542 g/mol. The van der Waals surface area contributed by atoms with Crippen LogP contribution in [0.4, 0.5) is 17.5 Å². The number of aryl methyl sites for hydroxylation is 1. The molecule has 0 bridgehead atoms. The average Bonchev–Trinajstić information content (AvgIpc) is 2.95. The van der Waals surface area contributed by atoms with Gasteiger partial charge in [0, 0.05) is 57.4 Å². The molecule has 38 heavy (non-hydrogen) atoms. The van der Waals surface area contributed by atoms with E-state index in [9.17, 15) is 9.59 Å². The van der Waals surface area contributed by atoms with E-state index in [-0.39, 0.29) is 23.8 Å². The van der Waals surface area contributed by atoms with E-state index < -0.39 is 0 Å². The van der Waals surface area contributed by atoms with E-state index in [0.29, 0.717) is 22.8 Å². The number of anilines is 3. The van der Waals surface area contributed by atoms with Gasteiger partial charge in [-0.2, -0.15) is 4.98 Å². The number of hydrogen-bond donors (Lipinski definition) is 2.